The van der Waals surface area contributed by atoms with Gasteiger partial charge in [-0.15, -0.1) is 0 Å². The Morgan fingerprint density at radius 1 is 1.62 bits per heavy atom. The van der Waals surface area contributed by atoms with Gasteiger partial charge in [0.2, 0.25) is 5.91 Å². The van der Waals surface area contributed by atoms with Crippen molar-refractivity contribution >= 4 is 5.91 Å². The number of nitrogens with zero attached hydrogens (tertiary/aromatic N) is 1. The van der Waals surface area contributed by atoms with Crippen LogP contribution in [0.4, 0.5) is 0 Å². The second kappa shape index (κ2) is 4.61. The lowest BCUT2D eigenvalue weighted by Gasteiger charge is -2.20. The summed E-state index contributed by atoms with van der Waals surface area (Å²) in [4.78, 5) is 13.2. The van der Waals surface area contributed by atoms with Crippen LogP contribution in [0.1, 0.15) is 27.2 Å². The van der Waals surface area contributed by atoms with E-state index in [-0.39, 0.29) is 5.91 Å². The maximum atomic E-state index is 10.7. The van der Waals surface area contributed by atoms with E-state index in [0.717, 1.165) is 13.1 Å². The van der Waals surface area contributed by atoms with Crippen molar-refractivity contribution < 1.29 is 4.79 Å². The fraction of sp³-hybridized carbons (Fsp3) is 0.900. The number of rotatable bonds is 3. The molecule has 0 aliphatic carbocycles. The second-order valence-electron chi connectivity index (χ2n) is 4.18. The molecule has 0 radical (unpaired) electrons. The van der Waals surface area contributed by atoms with Gasteiger partial charge in [-0.3, -0.25) is 4.79 Å². The number of carbonyl (C=O) groups is 1. The standard InChI is InChI=1S/C10H20N2O/c1-8(2)12-5-4-10(7-12)6-11-9(3)13/h8,10H,4-7H2,1-3H3,(H,11,13)/t10-/m1/s1. The molecule has 0 aromatic heterocycles. The lowest BCUT2D eigenvalue weighted by Crippen LogP contribution is -2.31. The van der Waals surface area contributed by atoms with Crippen LogP contribution >= 0.6 is 0 Å². The summed E-state index contributed by atoms with van der Waals surface area (Å²) < 4.78 is 0. The molecule has 0 bridgehead atoms. The van der Waals surface area contributed by atoms with Crippen LogP contribution in [0.3, 0.4) is 0 Å². The molecule has 1 rings (SSSR count). The summed E-state index contributed by atoms with van der Waals surface area (Å²) in [6.45, 7) is 9.19. The van der Waals surface area contributed by atoms with Gasteiger partial charge in [0.25, 0.3) is 0 Å². The van der Waals surface area contributed by atoms with Crippen molar-refractivity contribution in [3.8, 4) is 0 Å². The molecule has 0 unspecified atom stereocenters. The average Bonchev–Trinajstić information content (AvgIpc) is 2.48. The summed E-state index contributed by atoms with van der Waals surface area (Å²) >= 11 is 0. The molecule has 1 fully saturated rings. The van der Waals surface area contributed by atoms with E-state index in [2.05, 4.69) is 24.1 Å². The fourth-order valence-electron chi connectivity index (χ4n) is 1.79. The quantitative estimate of drug-likeness (QED) is 0.705. The average molecular weight is 184 g/mol. The van der Waals surface area contributed by atoms with Crippen LogP contribution in [-0.2, 0) is 4.79 Å². The van der Waals surface area contributed by atoms with Crippen LogP contribution in [0.5, 0.6) is 0 Å². The Balaban J connectivity index is 2.21. The SMILES string of the molecule is CC(=O)NC[C@H]1CCN(C(C)C)C1. The molecule has 1 aliphatic heterocycles. The predicted octanol–water partition coefficient (Wildman–Crippen LogP) is 0.853. The first-order chi connectivity index (χ1) is 6.09. The zero-order valence-electron chi connectivity index (χ0n) is 8.84. The molecule has 1 N–H and O–H groups in total. The largest absolute Gasteiger partial charge is 0.356 e. The summed E-state index contributed by atoms with van der Waals surface area (Å²) in [5.74, 6) is 0.745. The molecule has 1 aliphatic rings. The predicted molar refractivity (Wildman–Crippen MR) is 53.5 cm³/mol. The third-order valence-corrected chi connectivity index (χ3v) is 2.69. The Bertz CT molecular complexity index is 180. The highest BCUT2D eigenvalue weighted by atomic mass is 16.1. The van der Waals surface area contributed by atoms with E-state index < -0.39 is 0 Å². The molecular formula is C10H20N2O. The van der Waals surface area contributed by atoms with Crippen molar-refractivity contribution in [1.29, 1.82) is 0 Å². The first kappa shape index (κ1) is 10.5. The Morgan fingerprint density at radius 3 is 2.77 bits per heavy atom. The summed E-state index contributed by atoms with van der Waals surface area (Å²) in [6, 6.07) is 0.641. The van der Waals surface area contributed by atoms with Crippen LogP contribution in [0.2, 0.25) is 0 Å². The Hall–Kier alpha value is -0.570. The van der Waals surface area contributed by atoms with Gasteiger partial charge in [0, 0.05) is 26.1 Å². The number of hydrogen-bond acceptors (Lipinski definition) is 2. The lowest BCUT2D eigenvalue weighted by molar-refractivity contribution is -0.119. The van der Waals surface area contributed by atoms with Crippen LogP contribution in [0.25, 0.3) is 0 Å². The van der Waals surface area contributed by atoms with Gasteiger partial charge in [0.1, 0.15) is 0 Å². The van der Waals surface area contributed by atoms with E-state index in [1.54, 1.807) is 6.92 Å². The zero-order chi connectivity index (χ0) is 9.84. The fourth-order valence-corrected chi connectivity index (χ4v) is 1.79. The number of likely N-dealkylation sites (tertiary alicyclic amines) is 1. The van der Waals surface area contributed by atoms with Crippen LogP contribution in [0.15, 0.2) is 0 Å². The highest BCUT2D eigenvalue weighted by Gasteiger charge is 2.23. The lowest BCUT2D eigenvalue weighted by atomic mass is 10.1. The van der Waals surface area contributed by atoms with E-state index in [9.17, 15) is 4.79 Å². The van der Waals surface area contributed by atoms with Gasteiger partial charge < -0.3 is 10.2 Å². The number of amides is 1. The van der Waals surface area contributed by atoms with Crippen molar-refractivity contribution in [2.24, 2.45) is 5.92 Å². The highest BCUT2D eigenvalue weighted by Crippen LogP contribution is 2.17. The van der Waals surface area contributed by atoms with Gasteiger partial charge in [0.15, 0.2) is 0 Å². The van der Waals surface area contributed by atoms with E-state index in [1.807, 2.05) is 0 Å². The van der Waals surface area contributed by atoms with Crippen LogP contribution < -0.4 is 5.32 Å². The number of carbonyl (C=O) groups excluding carboxylic acids is 1. The highest BCUT2D eigenvalue weighted by molar-refractivity contribution is 5.72. The Kier molecular flexibility index (Phi) is 3.72. The molecule has 1 amide bonds. The third-order valence-electron chi connectivity index (χ3n) is 2.69. The van der Waals surface area contributed by atoms with Gasteiger partial charge >= 0.3 is 0 Å². The first-order valence-electron chi connectivity index (χ1n) is 5.08. The maximum Gasteiger partial charge on any atom is 0.216 e. The molecular weight excluding hydrogens is 164 g/mol. The Morgan fingerprint density at radius 2 is 2.31 bits per heavy atom. The third kappa shape index (κ3) is 3.35. The molecule has 76 valence electrons. The number of nitrogens with one attached hydrogen (secondary N) is 1. The topological polar surface area (TPSA) is 32.3 Å². The van der Waals surface area contributed by atoms with Crippen molar-refractivity contribution in [2.75, 3.05) is 19.6 Å². The molecule has 0 spiro atoms. The molecule has 0 saturated carbocycles. The van der Waals surface area contributed by atoms with Crippen molar-refractivity contribution in [3.63, 3.8) is 0 Å². The summed E-state index contributed by atoms with van der Waals surface area (Å²) in [7, 11) is 0. The minimum Gasteiger partial charge on any atom is -0.356 e. The molecule has 0 aromatic rings. The minimum absolute atomic E-state index is 0.0861. The van der Waals surface area contributed by atoms with E-state index in [4.69, 9.17) is 0 Å². The second-order valence-corrected chi connectivity index (χ2v) is 4.18. The van der Waals surface area contributed by atoms with Crippen LogP contribution in [-0.4, -0.2) is 36.5 Å². The smallest absolute Gasteiger partial charge is 0.216 e. The van der Waals surface area contributed by atoms with Crippen molar-refractivity contribution in [1.82, 2.24) is 10.2 Å². The van der Waals surface area contributed by atoms with Crippen LogP contribution in [0, 0.1) is 5.92 Å². The molecule has 13 heavy (non-hydrogen) atoms. The van der Waals surface area contributed by atoms with Gasteiger partial charge in [-0.05, 0) is 32.7 Å². The van der Waals surface area contributed by atoms with E-state index in [1.165, 1.54) is 13.0 Å². The summed E-state index contributed by atoms with van der Waals surface area (Å²) in [6.07, 6.45) is 1.22. The first-order valence-corrected chi connectivity index (χ1v) is 5.08. The summed E-state index contributed by atoms with van der Waals surface area (Å²) in [5, 5.41) is 2.88. The van der Waals surface area contributed by atoms with Crippen molar-refractivity contribution in [2.45, 2.75) is 33.2 Å². The van der Waals surface area contributed by atoms with E-state index in [0.29, 0.717) is 12.0 Å². The minimum atomic E-state index is 0.0861. The summed E-state index contributed by atoms with van der Waals surface area (Å²) in [5.41, 5.74) is 0. The van der Waals surface area contributed by atoms with Gasteiger partial charge in [0.05, 0.1) is 0 Å². The normalized spacial score (nSPS) is 23.8. The molecule has 1 heterocycles. The molecule has 1 atom stereocenters. The van der Waals surface area contributed by atoms with Gasteiger partial charge in [-0.1, -0.05) is 0 Å². The van der Waals surface area contributed by atoms with Gasteiger partial charge in [-0.2, -0.15) is 0 Å². The van der Waals surface area contributed by atoms with E-state index >= 15 is 0 Å². The van der Waals surface area contributed by atoms with Gasteiger partial charge in [-0.25, -0.2) is 0 Å². The monoisotopic (exact) mass is 184 g/mol. The molecule has 0 aromatic carbocycles. The number of hydrogen-bond donors (Lipinski definition) is 1. The maximum absolute atomic E-state index is 10.7. The Labute approximate surface area is 80.5 Å². The zero-order valence-corrected chi connectivity index (χ0v) is 8.84. The molecule has 3 heteroatoms. The van der Waals surface area contributed by atoms with Crippen molar-refractivity contribution in [3.05, 3.63) is 0 Å². The molecule has 1 saturated heterocycles. The molecule has 3 nitrogen and oxygen atoms in total.